The highest BCUT2D eigenvalue weighted by Gasteiger charge is 2.15. The summed E-state index contributed by atoms with van der Waals surface area (Å²) < 4.78 is 11.8. The van der Waals surface area contributed by atoms with Crippen LogP contribution in [0, 0.1) is 6.92 Å². The number of hydrogen-bond acceptors (Lipinski definition) is 4. The van der Waals surface area contributed by atoms with Crippen LogP contribution in [0.15, 0.2) is 101 Å². The Labute approximate surface area is 191 Å². The molecule has 0 saturated carbocycles. The zero-order chi connectivity index (χ0) is 22.6. The first-order chi connectivity index (χ1) is 16.2. The average molecular weight is 434 g/mol. The van der Waals surface area contributed by atoms with Gasteiger partial charge in [0.05, 0.1) is 0 Å². The number of ether oxygens (including phenoxy) is 1. The number of carbonyl (C=O) groups is 1. The Kier molecular flexibility index (Phi) is 5.60. The van der Waals surface area contributed by atoms with Crippen molar-refractivity contribution in [3.8, 4) is 17.2 Å². The molecule has 0 atom stereocenters. The minimum Gasteiger partial charge on any atom is -0.489 e. The zero-order valence-electron chi connectivity index (χ0n) is 18.1. The van der Waals surface area contributed by atoms with Crippen molar-refractivity contribution in [1.82, 2.24) is 4.98 Å². The third-order valence-corrected chi connectivity index (χ3v) is 5.45. The van der Waals surface area contributed by atoms with Crippen molar-refractivity contribution in [1.29, 1.82) is 0 Å². The Morgan fingerprint density at radius 1 is 0.909 bits per heavy atom. The number of para-hydroxylation sites is 2. The molecule has 1 aromatic heterocycles. The monoisotopic (exact) mass is 434 g/mol. The SMILES string of the molecule is Cc1c(NC(=O)c2cccc(OCc3ccccc3)c2)cccc1-c1nc2ccccc2o1. The first-order valence-electron chi connectivity index (χ1n) is 10.7. The number of hydrogen-bond donors (Lipinski definition) is 1. The molecule has 0 radical (unpaired) electrons. The van der Waals surface area contributed by atoms with Gasteiger partial charge in [-0.2, -0.15) is 0 Å². The minimum absolute atomic E-state index is 0.210. The van der Waals surface area contributed by atoms with Crippen LogP contribution < -0.4 is 10.1 Å². The molecule has 0 aliphatic carbocycles. The number of amides is 1. The van der Waals surface area contributed by atoms with Crippen LogP contribution in [0.1, 0.15) is 21.5 Å². The molecule has 1 N–H and O–H groups in total. The number of nitrogens with one attached hydrogen (secondary N) is 1. The first-order valence-corrected chi connectivity index (χ1v) is 10.7. The number of rotatable bonds is 6. The molecule has 0 aliphatic rings. The van der Waals surface area contributed by atoms with Crippen molar-refractivity contribution in [2.75, 3.05) is 5.32 Å². The van der Waals surface area contributed by atoms with Gasteiger partial charge in [0, 0.05) is 16.8 Å². The highest BCUT2D eigenvalue weighted by atomic mass is 16.5. The van der Waals surface area contributed by atoms with Gasteiger partial charge < -0.3 is 14.5 Å². The van der Waals surface area contributed by atoms with E-state index < -0.39 is 0 Å². The van der Waals surface area contributed by atoms with Crippen molar-refractivity contribution in [2.45, 2.75) is 13.5 Å². The van der Waals surface area contributed by atoms with E-state index in [2.05, 4.69) is 10.3 Å². The van der Waals surface area contributed by atoms with Gasteiger partial charge in [0.2, 0.25) is 5.89 Å². The third kappa shape index (κ3) is 4.48. The molecule has 33 heavy (non-hydrogen) atoms. The quantitative estimate of drug-likeness (QED) is 0.326. The lowest BCUT2D eigenvalue weighted by Gasteiger charge is -2.12. The lowest BCUT2D eigenvalue weighted by molar-refractivity contribution is 0.102. The van der Waals surface area contributed by atoms with Gasteiger partial charge in [-0.3, -0.25) is 4.79 Å². The van der Waals surface area contributed by atoms with Gasteiger partial charge >= 0.3 is 0 Å². The van der Waals surface area contributed by atoms with Crippen LogP contribution in [-0.4, -0.2) is 10.9 Å². The van der Waals surface area contributed by atoms with Gasteiger partial charge in [-0.15, -0.1) is 0 Å². The van der Waals surface area contributed by atoms with Crippen LogP contribution in [0.2, 0.25) is 0 Å². The van der Waals surface area contributed by atoms with E-state index in [1.807, 2.05) is 91.9 Å². The van der Waals surface area contributed by atoms with Crippen LogP contribution in [0.4, 0.5) is 5.69 Å². The largest absolute Gasteiger partial charge is 0.489 e. The number of benzene rings is 4. The van der Waals surface area contributed by atoms with E-state index in [0.717, 1.165) is 27.8 Å². The molecular formula is C28H22N2O3. The van der Waals surface area contributed by atoms with Gasteiger partial charge in [-0.1, -0.05) is 54.6 Å². The molecule has 162 valence electrons. The van der Waals surface area contributed by atoms with E-state index in [9.17, 15) is 4.79 Å². The fourth-order valence-electron chi connectivity index (χ4n) is 3.65. The number of nitrogens with zero attached hydrogens (tertiary/aromatic N) is 1. The Hall–Kier alpha value is -4.38. The minimum atomic E-state index is -0.210. The standard InChI is InChI=1S/C28H22N2O3/c1-19-23(28-30-25-14-5-6-16-26(25)33-28)13-8-15-24(19)29-27(31)21-11-7-12-22(17-21)32-18-20-9-3-2-4-10-20/h2-17H,18H2,1H3,(H,29,31). The summed E-state index contributed by atoms with van der Waals surface area (Å²) in [5.74, 6) is 0.961. The average Bonchev–Trinajstić information content (AvgIpc) is 3.29. The van der Waals surface area contributed by atoms with Crippen molar-refractivity contribution in [3.63, 3.8) is 0 Å². The van der Waals surface area contributed by atoms with E-state index in [4.69, 9.17) is 9.15 Å². The normalized spacial score (nSPS) is 10.8. The summed E-state index contributed by atoms with van der Waals surface area (Å²) in [5, 5.41) is 3.01. The molecule has 0 fully saturated rings. The maximum absolute atomic E-state index is 13.0. The van der Waals surface area contributed by atoms with Crippen molar-refractivity contribution in [3.05, 3.63) is 114 Å². The lowest BCUT2D eigenvalue weighted by Crippen LogP contribution is -2.13. The predicted octanol–water partition coefficient (Wildman–Crippen LogP) is 6.63. The van der Waals surface area contributed by atoms with E-state index in [1.54, 1.807) is 12.1 Å². The second kappa shape index (κ2) is 9.01. The molecule has 0 saturated heterocycles. The van der Waals surface area contributed by atoms with Gasteiger partial charge in [-0.05, 0) is 60.5 Å². The number of fused-ring (bicyclic) bond motifs is 1. The van der Waals surface area contributed by atoms with Gasteiger partial charge in [0.15, 0.2) is 5.58 Å². The Morgan fingerprint density at radius 3 is 2.55 bits per heavy atom. The van der Waals surface area contributed by atoms with Crippen LogP contribution in [-0.2, 0) is 6.61 Å². The lowest BCUT2D eigenvalue weighted by atomic mass is 10.1. The van der Waals surface area contributed by atoms with Crippen molar-refractivity contribution < 1.29 is 13.9 Å². The maximum Gasteiger partial charge on any atom is 0.255 e. The summed E-state index contributed by atoms with van der Waals surface area (Å²) in [6, 6.07) is 30.4. The highest BCUT2D eigenvalue weighted by molar-refractivity contribution is 6.05. The van der Waals surface area contributed by atoms with Gasteiger partial charge in [0.1, 0.15) is 17.9 Å². The van der Waals surface area contributed by atoms with Crippen molar-refractivity contribution in [2.24, 2.45) is 0 Å². The summed E-state index contributed by atoms with van der Waals surface area (Å²) in [6.45, 7) is 2.39. The van der Waals surface area contributed by atoms with E-state index >= 15 is 0 Å². The van der Waals surface area contributed by atoms with Crippen LogP contribution >= 0.6 is 0 Å². The zero-order valence-corrected chi connectivity index (χ0v) is 18.1. The molecule has 5 rings (SSSR count). The molecule has 5 nitrogen and oxygen atoms in total. The molecule has 0 unspecified atom stereocenters. The van der Waals surface area contributed by atoms with Crippen LogP contribution in [0.5, 0.6) is 5.75 Å². The summed E-state index contributed by atoms with van der Waals surface area (Å²) in [4.78, 5) is 17.6. The van der Waals surface area contributed by atoms with E-state index in [1.165, 1.54) is 0 Å². The summed E-state index contributed by atoms with van der Waals surface area (Å²) >= 11 is 0. The Bertz CT molecular complexity index is 1390. The Balaban J connectivity index is 1.34. The topological polar surface area (TPSA) is 64.4 Å². The number of carbonyl (C=O) groups excluding carboxylic acids is 1. The molecule has 5 aromatic rings. The molecule has 0 bridgehead atoms. The smallest absolute Gasteiger partial charge is 0.255 e. The number of oxazole rings is 1. The molecule has 5 heteroatoms. The number of aromatic nitrogens is 1. The van der Waals surface area contributed by atoms with Gasteiger partial charge in [0.25, 0.3) is 5.91 Å². The van der Waals surface area contributed by atoms with Crippen molar-refractivity contribution >= 4 is 22.7 Å². The highest BCUT2D eigenvalue weighted by Crippen LogP contribution is 2.30. The summed E-state index contributed by atoms with van der Waals surface area (Å²) in [7, 11) is 0. The second-order valence-electron chi connectivity index (χ2n) is 7.72. The molecule has 1 heterocycles. The molecule has 0 spiro atoms. The fraction of sp³-hybridized carbons (Fsp3) is 0.0714. The summed E-state index contributed by atoms with van der Waals surface area (Å²) in [5.41, 5.74) is 5.54. The molecule has 0 aliphatic heterocycles. The maximum atomic E-state index is 13.0. The molecule has 4 aromatic carbocycles. The molecule has 1 amide bonds. The third-order valence-electron chi connectivity index (χ3n) is 5.45. The fourth-order valence-corrected chi connectivity index (χ4v) is 3.65. The van der Waals surface area contributed by atoms with Crippen LogP contribution in [0.3, 0.4) is 0 Å². The number of anilines is 1. The molecular weight excluding hydrogens is 412 g/mol. The summed E-state index contributed by atoms with van der Waals surface area (Å²) in [6.07, 6.45) is 0. The predicted molar refractivity (Wildman–Crippen MR) is 129 cm³/mol. The van der Waals surface area contributed by atoms with E-state index in [0.29, 0.717) is 29.5 Å². The van der Waals surface area contributed by atoms with Gasteiger partial charge in [-0.25, -0.2) is 4.98 Å². The Morgan fingerprint density at radius 2 is 1.70 bits per heavy atom. The first kappa shape index (κ1) is 20.5. The van der Waals surface area contributed by atoms with Crippen LogP contribution in [0.25, 0.3) is 22.6 Å². The van der Waals surface area contributed by atoms with E-state index in [-0.39, 0.29) is 5.91 Å². The second-order valence-corrected chi connectivity index (χ2v) is 7.72.